The lowest BCUT2D eigenvalue weighted by Gasteiger charge is -2.06. The first-order valence-electron chi connectivity index (χ1n) is 8.43. The second-order valence-electron chi connectivity index (χ2n) is 6.37. The van der Waals surface area contributed by atoms with Crippen LogP contribution in [0.25, 0.3) is 0 Å². The SMILES string of the molecule is Cc1nn(Cc2ccc(C(=O)Nc3nnc(NS(C)(=O)=O)s3)cc2)c(C)c1[N+](=O)[O-]. The maximum Gasteiger partial charge on any atom is 0.312 e. The van der Waals surface area contributed by atoms with Gasteiger partial charge in [-0.25, -0.2) is 8.42 Å². The van der Waals surface area contributed by atoms with E-state index < -0.39 is 20.9 Å². The van der Waals surface area contributed by atoms with E-state index in [4.69, 9.17) is 0 Å². The lowest BCUT2D eigenvalue weighted by Crippen LogP contribution is -2.12. The molecular weight excluding hydrogens is 434 g/mol. The number of nitro groups is 1. The largest absolute Gasteiger partial charge is 0.312 e. The molecule has 3 rings (SSSR count). The average molecular weight is 451 g/mol. The van der Waals surface area contributed by atoms with E-state index in [0.29, 0.717) is 23.5 Å². The molecule has 12 nitrogen and oxygen atoms in total. The summed E-state index contributed by atoms with van der Waals surface area (Å²) in [4.78, 5) is 23.0. The number of aryl methyl sites for hydroxylation is 1. The third-order valence-corrected chi connectivity index (χ3v) is 5.44. The molecule has 2 N–H and O–H groups in total. The number of sulfonamides is 1. The summed E-state index contributed by atoms with van der Waals surface area (Å²) in [5.41, 5.74) is 1.95. The molecule has 0 aliphatic rings. The number of hydrogen-bond acceptors (Lipinski definition) is 9. The minimum atomic E-state index is -3.48. The Morgan fingerprint density at radius 1 is 1.20 bits per heavy atom. The molecule has 158 valence electrons. The maximum atomic E-state index is 12.4. The lowest BCUT2D eigenvalue weighted by atomic mass is 10.1. The number of benzene rings is 1. The summed E-state index contributed by atoms with van der Waals surface area (Å²) in [5.74, 6) is -0.439. The summed E-state index contributed by atoms with van der Waals surface area (Å²) in [6, 6.07) is 6.63. The van der Waals surface area contributed by atoms with Gasteiger partial charge in [-0.05, 0) is 31.5 Å². The Kier molecular flexibility index (Phi) is 5.80. The van der Waals surface area contributed by atoms with Gasteiger partial charge in [0.05, 0.1) is 17.7 Å². The van der Waals surface area contributed by atoms with E-state index in [-0.39, 0.29) is 16.0 Å². The Hall–Kier alpha value is -3.39. The highest BCUT2D eigenvalue weighted by molar-refractivity contribution is 7.92. The van der Waals surface area contributed by atoms with Crippen molar-refractivity contribution in [2.45, 2.75) is 20.4 Å². The molecule has 0 fully saturated rings. The first-order chi connectivity index (χ1) is 14.0. The summed E-state index contributed by atoms with van der Waals surface area (Å²) >= 11 is 0.884. The van der Waals surface area contributed by atoms with Gasteiger partial charge in [0.2, 0.25) is 20.3 Å². The van der Waals surface area contributed by atoms with Crippen LogP contribution in [0.2, 0.25) is 0 Å². The highest BCUT2D eigenvalue weighted by atomic mass is 32.2. The van der Waals surface area contributed by atoms with Crippen molar-refractivity contribution in [1.82, 2.24) is 20.0 Å². The van der Waals surface area contributed by atoms with Crippen LogP contribution in [0.15, 0.2) is 24.3 Å². The van der Waals surface area contributed by atoms with E-state index in [1.54, 1.807) is 42.8 Å². The molecule has 0 atom stereocenters. The number of nitrogens with zero attached hydrogens (tertiary/aromatic N) is 5. The van der Waals surface area contributed by atoms with Gasteiger partial charge in [0.25, 0.3) is 5.91 Å². The van der Waals surface area contributed by atoms with Gasteiger partial charge in [-0.3, -0.25) is 29.6 Å². The lowest BCUT2D eigenvalue weighted by molar-refractivity contribution is -0.386. The number of carbonyl (C=O) groups is 1. The number of carbonyl (C=O) groups excluding carboxylic acids is 1. The number of anilines is 2. The molecule has 0 saturated carbocycles. The molecule has 30 heavy (non-hydrogen) atoms. The Bertz CT molecular complexity index is 1220. The fourth-order valence-corrected chi connectivity index (χ4v) is 4.15. The predicted molar refractivity (Wildman–Crippen MR) is 110 cm³/mol. The van der Waals surface area contributed by atoms with Crippen molar-refractivity contribution in [3.8, 4) is 0 Å². The van der Waals surface area contributed by atoms with Crippen molar-refractivity contribution in [3.63, 3.8) is 0 Å². The van der Waals surface area contributed by atoms with E-state index in [9.17, 15) is 23.3 Å². The molecule has 1 aromatic carbocycles. The van der Waals surface area contributed by atoms with Gasteiger partial charge in [-0.15, -0.1) is 10.2 Å². The molecular formula is C16H17N7O5S2. The van der Waals surface area contributed by atoms with Crippen molar-refractivity contribution in [1.29, 1.82) is 0 Å². The van der Waals surface area contributed by atoms with Crippen LogP contribution >= 0.6 is 11.3 Å². The van der Waals surface area contributed by atoms with Crippen LogP contribution in [0.3, 0.4) is 0 Å². The second kappa shape index (κ2) is 8.16. The quantitative estimate of drug-likeness (QED) is 0.407. The normalized spacial score (nSPS) is 11.3. The van der Waals surface area contributed by atoms with Crippen molar-refractivity contribution >= 4 is 43.2 Å². The zero-order chi connectivity index (χ0) is 22.1. The monoisotopic (exact) mass is 451 g/mol. The first kappa shape index (κ1) is 21.3. The molecule has 0 saturated heterocycles. The van der Waals surface area contributed by atoms with Crippen molar-refractivity contribution in [3.05, 3.63) is 56.9 Å². The predicted octanol–water partition coefficient (Wildman–Crippen LogP) is 1.93. The Labute approximate surface area is 175 Å². The molecule has 0 unspecified atom stereocenters. The molecule has 0 aliphatic carbocycles. The molecule has 2 heterocycles. The molecule has 14 heteroatoms. The molecule has 2 aromatic heterocycles. The van der Waals surface area contributed by atoms with Gasteiger partial charge in [0.1, 0.15) is 11.4 Å². The van der Waals surface area contributed by atoms with E-state index in [2.05, 4.69) is 25.3 Å². The van der Waals surface area contributed by atoms with E-state index in [1.165, 1.54) is 0 Å². The van der Waals surface area contributed by atoms with Crippen LogP contribution in [0.5, 0.6) is 0 Å². The zero-order valence-electron chi connectivity index (χ0n) is 16.1. The first-order valence-corrected chi connectivity index (χ1v) is 11.1. The van der Waals surface area contributed by atoms with E-state index in [0.717, 1.165) is 23.2 Å². The zero-order valence-corrected chi connectivity index (χ0v) is 17.7. The highest BCUT2D eigenvalue weighted by Gasteiger charge is 2.21. The van der Waals surface area contributed by atoms with Gasteiger partial charge < -0.3 is 0 Å². The molecule has 0 bridgehead atoms. The Morgan fingerprint density at radius 3 is 2.40 bits per heavy atom. The fraction of sp³-hybridized carbons (Fsp3) is 0.250. The minimum Gasteiger partial charge on any atom is -0.296 e. The number of nitrogens with one attached hydrogen (secondary N) is 2. The maximum absolute atomic E-state index is 12.4. The molecule has 0 radical (unpaired) electrons. The minimum absolute atomic E-state index is 0.00668. The summed E-state index contributed by atoms with van der Waals surface area (Å²) in [6.07, 6.45) is 0.985. The second-order valence-corrected chi connectivity index (χ2v) is 9.10. The van der Waals surface area contributed by atoms with Crippen LogP contribution < -0.4 is 10.0 Å². The molecule has 3 aromatic rings. The van der Waals surface area contributed by atoms with E-state index >= 15 is 0 Å². The topological polar surface area (TPSA) is 162 Å². The Morgan fingerprint density at radius 2 is 1.83 bits per heavy atom. The molecule has 0 spiro atoms. The van der Waals surface area contributed by atoms with Gasteiger partial charge >= 0.3 is 5.69 Å². The van der Waals surface area contributed by atoms with Gasteiger partial charge in [0, 0.05) is 5.56 Å². The summed E-state index contributed by atoms with van der Waals surface area (Å²) < 4.78 is 26.1. The van der Waals surface area contributed by atoms with Crippen LogP contribution in [-0.4, -0.2) is 45.5 Å². The standard InChI is InChI=1S/C16H17N7O5S2/c1-9-13(23(25)26)10(2)22(20-9)8-11-4-6-12(7-5-11)14(24)17-15-18-19-16(29-15)21-30(3,27)28/h4-7H,8H2,1-3H3,(H,19,21)(H,17,18,24). The van der Waals surface area contributed by atoms with Crippen molar-refractivity contribution < 1.29 is 18.1 Å². The summed E-state index contributed by atoms with van der Waals surface area (Å²) in [6.45, 7) is 3.54. The summed E-state index contributed by atoms with van der Waals surface area (Å²) in [7, 11) is -3.48. The van der Waals surface area contributed by atoms with Crippen molar-refractivity contribution in [2.24, 2.45) is 0 Å². The number of hydrogen-bond donors (Lipinski definition) is 2. The highest BCUT2D eigenvalue weighted by Crippen LogP contribution is 2.23. The van der Waals surface area contributed by atoms with Crippen molar-refractivity contribution in [2.75, 3.05) is 16.3 Å². The van der Waals surface area contributed by atoms with Crippen LogP contribution in [0, 0.1) is 24.0 Å². The third-order valence-electron chi connectivity index (χ3n) is 3.99. The number of rotatable bonds is 7. The molecule has 1 amide bonds. The van der Waals surface area contributed by atoms with Crippen LogP contribution in [0.1, 0.15) is 27.3 Å². The van der Waals surface area contributed by atoms with E-state index in [1.807, 2.05) is 0 Å². The van der Waals surface area contributed by atoms with Crippen LogP contribution in [-0.2, 0) is 16.6 Å². The number of amides is 1. The van der Waals surface area contributed by atoms with Crippen LogP contribution in [0.4, 0.5) is 16.0 Å². The Balaban J connectivity index is 1.68. The fourth-order valence-electron chi connectivity index (χ4n) is 2.68. The van der Waals surface area contributed by atoms with Gasteiger partial charge in [0.15, 0.2) is 0 Å². The van der Waals surface area contributed by atoms with Gasteiger partial charge in [-0.1, -0.05) is 23.5 Å². The van der Waals surface area contributed by atoms with Gasteiger partial charge in [-0.2, -0.15) is 5.10 Å². The average Bonchev–Trinajstić information content (AvgIpc) is 3.17. The smallest absolute Gasteiger partial charge is 0.296 e. The summed E-state index contributed by atoms with van der Waals surface area (Å²) in [5, 5.41) is 25.4. The molecule has 0 aliphatic heterocycles. The number of aromatic nitrogens is 4. The third kappa shape index (κ3) is 4.96.